The van der Waals surface area contributed by atoms with Crippen molar-refractivity contribution in [3.63, 3.8) is 0 Å². The van der Waals surface area contributed by atoms with Gasteiger partial charge < -0.3 is 10.1 Å². The number of nitrogens with one attached hydrogen (secondary N) is 1. The van der Waals surface area contributed by atoms with Crippen LogP contribution < -0.4 is 10.1 Å². The maximum Gasteiger partial charge on any atom is 0.262 e. The lowest BCUT2D eigenvalue weighted by atomic mass is 9.68. The van der Waals surface area contributed by atoms with Crippen molar-refractivity contribution in [2.75, 3.05) is 25.0 Å². The minimum Gasteiger partial charge on any atom is -0.482 e. The molecule has 1 saturated carbocycles. The van der Waals surface area contributed by atoms with Crippen LogP contribution in [0.25, 0.3) is 0 Å². The molecule has 1 aromatic rings. The first kappa shape index (κ1) is 18.1. The van der Waals surface area contributed by atoms with Crippen molar-refractivity contribution < 1.29 is 17.9 Å². The van der Waals surface area contributed by atoms with E-state index in [-0.39, 0.29) is 22.4 Å². The third-order valence-electron chi connectivity index (χ3n) is 5.98. The van der Waals surface area contributed by atoms with E-state index < -0.39 is 10.0 Å². The van der Waals surface area contributed by atoms with E-state index in [2.05, 4.69) is 5.32 Å². The summed E-state index contributed by atoms with van der Waals surface area (Å²) in [6.45, 7) is 0.945. The second-order valence-corrected chi connectivity index (χ2v) is 9.89. The van der Waals surface area contributed by atoms with E-state index in [9.17, 15) is 13.2 Å². The van der Waals surface area contributed by atoms with Gasteiger partial charge in [0.2, 0.25) is 10.0 Å². The predicted octanol–water partition coefficient (Wildman–Crippen LogP) is 3.41. The zero-order chi connectivity index (χ0) is 18.4. The Kier molecular flexibility index (Phi) is 4.65. The number of carbonyl (C=O) groups excluding carboxylic acids is 1. The lowest BCUT2D eigenvalue weighted by molar-refractivity contribution is -0.118. The van der Waals surface area contributed by atoms with Crippen LogP contribution in [-0.4, -0.2) is 38.3 Å². The molecule has 0 bridgehead atoms. The summed E-state index contributed by atoms with van der Waals surface area (Å²) in [5, 5.41) is 2.75. The molecule has 1 saturated heterocycles. The summed E-state index contributed by atoms with van der Waals surface area (Å²) in [4.78, 5) is 11.5. The summed E-state index contributed by atoms with van der Waals surface area (Å²) in [6.07, 6.45) is 8.08. The summed E-state index contributed by atoms with van der Waals surface area (Å²) in [7, 11) is -3.69. The van der Waals surface area contributed by atoms with Crippen molar-refractivity contribution in [2.45, 2.75) is 49.8 Å². The summed E-state index contributed by atoms with van der Waals surface area (Å²) in [5.41, 5.74) is 0.738. The summed E-state index contributed by atoms with van der Waals surface area (Å²) >= 11 is 6.24. The minimum atomic E-state index is -3.69. The molecule has 6 nitrogen and oxygen atoms in total. The van der Waals surface area contributed by atoms with E-state index in [4.69, 9.17) is 16.3 Å². The number of sulfonamides is 1. The third kappa shape index (κ3) is 3.21. The highest BCUT2D eigenvalue weighted by atomic mass is 35.5. The third-order valence-corrected chi connectivity index (χ3v) is 8.35. The maximum absolute atomic E-state index is 13.1. The first-order chi connectivity index (χ1) is 12.4. The quantitative estimate of drug-likeness (QED) is 0.828. The van der Waals surface area contributed by atoms with Crippen LogP contribution in [0, 0.1) is 5.41 Å². The maximum atomic E-state index is 13.1. The average Bonchev–Trinajstić information content (AvgIpc) is 2.62. The fraction of sp³-hybridized carbons (Fsp3) is 0.611. The molecule has 142 valence electrons. The molecule has 2 fully saturated rings. The molecule has 8 heteroatoms. The lowest BCUT2D eigenvalue weighted by Crippen LogP contribution is -2.43. The van der Waals surface area contributed by atoms with Crippen LogP contribution in [0.3, 0.4) is 0 Å². The second kappa shape index (κ2) is 6.69. The second-order valence-electron chi connectivity index (χ2n) is 7.58. The van der Waals surface area contributed by atoms with Gasteiger partial charge in [0.05, 0.1) is 10.7 Å². The number of amides is 1. The van der Waals surface area contributed by atoms with Crippen LogP contribution in [0.2, 0.25) is 5.02 Å². The first-order valence-corrected chi connectivity index (χ1v) is 11.0. The van der Waals surface area contributed by atoms with Crippen LogP contribution in [-0.2, 0) is 14.8 Å². The minimum absolute atomic E-state index is 0.0497. The molecule has 0 radical (unpaired) electrons. The fourth-order valence-corrected chi connectivity index (χ4v) is 6.38. The zero-order valence-corrected chi connectivity index (χ0v) is 16.2. The number of piperidine rings is 1. The van der Waals surface area contributed by atoms with Crippen LogP contribution >= 0.6 is 11.6 Å². The largest absolute Gasteiger partial charge is 0.482 e. The standard InChI is InChI=1S/C18H23ClN2O4S/c19-13-10-14-15(25-12-17(22)20-14)11-16(13)26(23,24)21-8-6-18(7-9-21)4-2-1-3-5-18/h10-11H,1-9,12H2,(H,20,22). The van der Waals surface area contributed by atoms with Gasteiger partial charge in [0, 0.05) is 19.2 Å². The van der Waals surface area contributed by atoms with Gasteiger partial charge in [-0.15, -0.1) is 0 Å². The molecular weight excluding hydrogens is 376 g/mol. The monoisotopic (exact) mass is 398 g/mol. The van der Waals surface area contributed by atoms with E-state index in [1.807, 2.05) is 0 Å². The van der Waals surface area contributed by atoms with E-state index in [0.29, 0.717) is 29.9 Å². The fourth-order valence-electron chi connectivity index (χ4n) is 4.42. The SMILES string of the molecule is O=C1COc2cc(S(=O)(=O)N3CCC4(CCCCC4)CC3)c(Cl)cc2N1. The van der Waals surface area contributed by atoms with Crippen LogP contribution in [0.15, 0.2) is 17.0 Å². The Morgan fingerprint density at radius 3 is 2.46 bits per heavy atom. The van der Waals surface area contributed by atoms with Gasteiger partial charge in [-0.2, -0.15) is 4.31 Å². The van der Waals surface area contributed by atoms with Crippen molar-refractivity contribution >= 4 is 33.2 Å². The van der Waals surface area contributed by atoms with Gasteiger partial charge in [-0.1, -0.05) is 30.9 Å². The molecule has 1 aliphatic carbocycles. The molecule has 2 heterocycles. The summed E-state index contributed by atoms with van der Waals surface area (Å²) < 4.78 is 33.1. The van der Waals surface area contributed by atoms with E-state index in [1.165, 1.54) is 44.2 Å². The van der Waals surface area contributed by atoms with Gasteiger partial charge >= 0.3 is 0 Å². The zero-order valence-electron chi connectivity index (χ0n) is 14.6. The number of hydrogen-bond acceptors (Lipinski definition) is 4. The van der Waals surface area contributed by atoms with Crippen molar-refractivity contribution in [1.29, 1.82) is 0 Å². The molecule has 3 aliphatic rings. The van der Waals surface area contributed by atoms with Gasteiger partial charge in [-0.05, 0) is 37.2 Å². The van der Waals surface area contributed by atoms with Crippen LogP contribution in [0.5, 0.6) is 5.75 Å². The van der Waals surface area contributed by atoms with Gasteiger partial charge in [-0.3, -0.25) is 4.79 Å². The highest BCUT2D eigenvalue weighted by Gasteiger charge is 2.39. The molecule has 1 aromatic carbocycles. The number of carbonyl (C=O) groups is 1. The van der Waals surface area contributed by atoms with Crippen molar-refractivity contribution in [3.05, 3.63) is 17.2 Å². The Morgan fingerprint density at radius 2 is 1.77 bits per heavy atom. The lowest BCUT2D eigenvalue weighted by Gasteiger charge is -2.43. The van der Waals surface area contributed by atoms with Crippen molar-refractivity contribution in [1.82, 2.24) is 4.31 Å². The molecule has 2 aliphatic heterocycles. The highest BCUT2D eigenvalue weighted by Crippen LogP contribution is 2.46. The first-order valence-electron chi connectivity index (χ1n) is 9.16. The molecule has 1 spiro atoms. The van der Waals surface area contributed by atoms with E-state index >= 15 is 0 Å². The molecule has 26 heavy (non-hydrogen) atoms. The van der Waals surface area contributed by atoms with Gasteiger partial charge in [0.25, 0.3) is 5.91 Å². The van der Waals surface area contributed by atoms with Gasteiger partial charge in [-0.25, -0.2) is 8.42 Å². The van der Waals surface area contributed by atoms with Crippen molar-refractivity contribution in [2.24, 2.45) is 5.41 Å². The van der Waals surface area contributed by atoms with Crippen molar-refractivity contribution in [3.8, 4) is 5.75 Å². The average molecular weight is 399 g/mol. The Bertz CT molecular complexity index is 824. The topological polar surface area (TPSA) is 75.7 Å². The number of benzene rings is 1. The number of nitrogens with zero attached hydrogens (tertiary/aromatic N) is 1. The number of ether oxygens (including phenoxy) is 1. The van der Waals surface area contributed by atoms with Gasteiger partial charge in [0.1, 0.15) is 10.6 Å². The predicted molar refractivity (Wildman–Crippen MR) is 99.1 cm³/mol. The smallest absolute Gasteiger partial charge is 0.262 e. The molecule has 0 unspecified atom stereocenters. The number of fused-ring (bicyclic) bond motifs is 1. The number of hydrogen-bond donors (Lipinski definition) is 1. The molecule has 0 atom stereocenters. The normalized spacial score (nSPS) is 23.2. The number of rotatable bonds is 2. The van der Waals surface area contributed by atoms with Crippen LogP contribution in [0.1, 0.15) is 44.9 Å². The summed E-state index contributed by atoms with van der Waals surface area (Å²) in [5.74, 6) is 0.0614. The Hall–Kier alpha value is -1.31. The Labute approximate surface area is 158 Å². The number of halogens is 1. The Morgan fingerprint density at radius 1 is 1.08 bits per heavy atom. The molecule has 4 rings (SSSR count). The molecule has 0 aromatic heterocycles. The molecule has 1 amide bonds. The number of anilines is 1. The summed E-state index contributed by atoms with van der Waals surface area (Å²) in [6, 6.07) is 2.88. The van der Waals surface area contributed by atoms with Crippen LogP contribution in [0.4, 0.5) is 5.69 Å². The van der Waals surface area contributed by atoms with E-state index in [0.717, 1.165) is 12.8 Å². The van der Waals surface area contributed by atoms with E-state index in [1.54, 1.807) is 4.31 Å². The molecule has 1 N–H and O–H groups in total. The van der Waals surface area contributed by atoms with Gasteiger partial charge in [0.15, 0.2) is 6.61 Å². The Balaban J connectivity index is 1.57. The highest BCUT2D eigenvalue weighted by molar-refractivity contribution is 7.89. The molecular formula is C18H23ClN2O4S.